The highest BCUT2D eigenvalue weighted by Crippen LogP contribution is 2.30. The predicted octanol–water partition coefficient (Wildman–Crippen LogP) is 4.03. The third kappa shape index (κ3) is 5.05. The zero-order chi connectivity index (χ0) is 22.5. The van der Waals surface area contributed by atoms with Crippen molar-refractivity contribution in [3.63, 3.8) is 0 Å². The number of methoxy groups -OCH3 is 1. The van der Waals surface area contributed by atoms with Gasteiger partial charge in [-0.25, -0.2) is 0 Å². The first kappa shape index (κ1) is 21.8. The summed E-state index contributed by atoms with van der Waals surface area (Å²) >= 11 is 1.64. The number of benzene rings is 1. The van der Waals surface area contributed by atoms with Gasteiger partial charge < -0.3 is 20.3 Å². The molecule has 32 heavy (non-hydrogen) atoms. The number of ether oxygens (including phenoxy) is 1. The van der Waals surface area contributed by atoms with E-state index in [1.54, 1.807) is 36.6 Å². The topological polar surface area (TPSA) is 96.5 Å². The third-order valence-corrected chi connectivity index (χ3v) is 6.28. The van der Waals surface area contributed by atoms with E-state index in [-0.39, 0.29) is 17.7 Å². The number of carbonyl (C=O) groups is 2. The van der Waals surface area contributed by atoms with E-state index in [2.05, 4.69) is 25.7 Å². The van der Waals surface area contributed by atoms with Crippen LogP contribution < -0.4 is 20.3 Å². The van der Waals surface area contributed by atoms with Crippen LogP contribution in [0.5, 0.6) is 5.75 Å². The average Bonchev–Trinajstić information content (AvgIpc) is 3.34. The Kier molecular flexibility index (Phi) is 6.65. The normalized spacial score (nSPS) is 14.1. The van der Waals surface area contributed by atoms with Crippen LogP contribution >= 0.6 is 11.3 Å². The van der Waals surface area contributed by atoms with Crippen molar-refractivity contribution in [2.45, 2.75) is 19.8 Å². The van der Waals surface area contributed by atoms with Crippen molar-refractivity contribution in [1.29, 1.82) is 0 Å². The molecule has 1 aliphatic heterocycles. The molecule has 166 valence electrons. The second kappa shape index (κ2) is 9.78. The van der Waals surface area contributed by atoms with Gasteiger partial charge in [-0.15, -0.1) is 21.5 Å². The standard InChI is InChI=1S/C23H25N5O3S/c1-15(29)24-17-5-7-20(31-2)19(14-17)25-23(30)16-9-11-28(12-10-16)22-8-6-18(26-27-22)21-4-3-13-32-21/h3-8,13-14,16H,9-12H2,1-2H3,(H,24,29)(H,25,30). The summed E-state index contributed by atoms with van der Waals surface area (Å²) in [7, 11) is 1.55. The lowest BCUT2D eigenvalue weighted by Crippen LogP contribution is -2.38. The molecule has 1 fully saturated rings. The number of carbonyl (C=O) groups excluding carboxylic acids is 2. The second-order valence-electron chi connectivity index (χ2n) is 7.60. The molecule has 1 aromatic carbocycles. The van der Waals surface area contributed by atoms with Crippen LogP contribution in [0, 0.1) is 5.92 Å². The van der Waals surface area contributed by atoms with E-state index in [9.17, 15) is 9.59 Å². The van der Waals surface area contributed by atoms with Gasteiger partial charge in [-0.2, -0.15) is 0 Å². The Labute approximate surface area is 190 Å². The molecule has 3 heterocycles. The van der Waals surface area contributed by atoms with Gasteiger partial charge in [0.1, 0.15) is 11.4 Å². The van der Waals surface area contributed by atoms with Crippen LogP contribution in [0.4, 0.5) is 17.2 Å². The molecule has 2 aromatic heterocycles. The maximum Gasteiger partial charge on any atom is 0.227 e. The van der Waals surface area contributed by atoms with E-state index in [1.165, 1.54) is 6.92 Å². The lowest BCUT2D eigenvalue weighted by molar-refractivity contribution is -0.120. The number of rotatable bonds is 6. The largest absolute Gasteiger partial charge is 0.495 e. The summed E-state index contributed by atoms with van der Waals surface area (Å²) in [6.45, 7) is 2.90. The number of hydrogen-bond acceptors (Lipinski definition) is 7. The van der Waals surface area contributed by atoms with Crippen molar-refractivity contribution in [3.05, 3.63) is 47.8 Å². The quantitative estimate of drug-likeness (QED) is 0.587. The predicted molar refractivity (Wildman–Crippen MR) is 126 cm³/mol. The second-order valence-corrected chi connectivity index (χ2v) is 8.55. The Morgan fingerprint density at radius 3 is 2.53 bits per heavy atom. The van der Waals surface area contributed by atoms with Gasteiger partial charge in [0.2, 0.25) is 11.8 Å². The van der Waals surface area contributed by atoms with Gasteiger partial charge in [-0.05, 0) is 54.6 Å². The van der Waals surface area contributed by atoms with Crippen molar-refractivity contribution < 1.29 is 14.3 Å². The van der Waals surface area contributed by atoms with E-state index in [0.717, 1.165) is 29.5 Å². The van der Waals surface area contributed by atoms with E-state index in [0.29, 0.717) is 30.0 Å². The lowest BCUT2D eigenvalue weighted by Gasteiger charge is -2.32. The molecule has 0 atom stereocenters. The fourth-order valence-corrected chi connectivity index (χ4v) is 4.43. The molecule has 0 spiro atoms. The van der Waals surface area contributed by atoms with Crippen molar-refractivity contribution >= 4 is 40.3 Å². The molecule has 2 N–H and O–H groups in total. The van der Waals surface area contributed by atoms with Crippen LogP contribution in [0.25, 0.3) is 10.6 Å². The van der Waals surface area contributed by atoms with Crippen LogP contribution in [0.1, 0.15) is 19.8 Å². The molecule has 0 saturated carbocycles. The number of anilines is 3. The fourth-order valence-electron chi connectivity index (χ4n) is 3.74. The molecule has 0 aliphatic carbocycles. The maximum atomic E-state index is 12.9. The SMILES string of the molecule is COc1ccc(NC(C)=O)cc1NC(=O)C1CCN(c2ccc(-c3cccs3)nn2)CC1. The zero-order valence-corrected chi connectivity index (χ0v) is 18.8. The Hall–Kier alpha value is -3.46. The highest BCUT2D eigenvalue weighted by molar-refractivity contribution is 7.13. The molecule has 3 aromatic rings. The minimum atomic E-state index is -0.175. The molecule has 8 nitrogen and oxygen atoms in total. The fraction of sp³-hybridized carbons (Fsp3) is 0.304. The first-order valence-corrected chi connectivity index (χ1v) is 11.3. The lowest BCUT2D eigenvalue weighted by atomic mass is 9.95. The van der Waals surface area contributed by atoms with Crippen molar-refractivity contribution in [2.24, 2.45) is 5.92 Å². The van der Waals surface area contributed by atoms with Gasteiger partial charge in [0.25, 0.3) is 0 Å². The van der Waals surface area contributed by atoms with Crippen molar-refractivity contribution in [2.75, 3.05) is 35.7 Å². The maximum absolute atomic E-state index is 12.9. The molecule has 1 saturated heterocycles. The molecular formula is C23H25N5O3S. The Morgan fingerprint density at radius 2 is 1.91 bits per heavy atom. The van der Waals surface area contributed by atoms with Gasteiger partial charge in [-0.3, -0.25) is 9.59 Å². The molecule has 9 heteroatoms. The van der Waals surface area contributed by atoms with Gasteiger partial charge in [0.15, 0.2) is 5.82 Å². The number of hydrogen-bond donors (Lipinski definition) is 2. The number of aromatic nitrogens is 2. The monoisotopic (exact) mass is 451 g/mol. The summed E-state index contributed by atoms with van der Waals surface area (Å²) in [5.41, 5.74) is 2.02. The highest BCUT2D eigenvalue weighted by atomic mass is 32.1. The number of piperidine rings is 1. The van der Waals surface area contributed by atoms with E-state index in [4.69, 9.17) is 4.74 Å². The van der Waals surface area contributed by atoms with Crippen LogP contribution in [-0.4, -0.2) is 42.2 Å². The highest BCUT2D eigenvalue weighted by Gasteiger charge is 2.26. The third-order valence-electron chi connectivity index (χ3n) is 5.39. The van der Waals surface area contributed by atoms with E-state index >= 15 is 0 Å². The van der Waals surface area contributed by atoms with Gasteiger partial charge >= 0.3 is 0 Å². The summed E-state index contributed by atoms with van der Waals surface area (Å²) in [5, 5.41) is 16.4. The molecule has 2 amide bonds. The Bertz CT molecular complexity index is 1080. The van der Waals surface area contributed by atoms with Crippen LogP contribution in [0.15, 0.2) is 47.8 Å². The zero-order valence-electron chi connectivity index (χ0n) is 18.0. The number of amides is 2. The van der Waals surface area contributed by atoms with E-state index < -0.39 is 0 Å². The number of thiophene rings is 1. The van der Waals surface area contributed by atoms with Crippen molar-refractivity contribution in [3.8, 4) is 16.3 Å². The van der Waals surface area contributed by atoms with Gasteiger partial charge in [0.05, 0.1) is 17.7 Å². The molecule has 0 radical (unpaired) electrons. The first-order chi connectivity index (χ1) is 15.5. The van der Waals surface area contributed by atoms with Gasteiger partial charge in [-0.1, -0.05) is 6.07 Å². The molecule has 1 aliphatic rings. The summed E-state index contributed by atoms with van der Waals surface area (Å²) in [5.74, 6) is 1.03. The van der Waals surface area contributed by atoms with Crippen LogP contribution in [-0.2, 0) is 9.59 Å². The molecular weight excluding hydrogens is 426 g/mol. The van der Waals surface area contributed by atoms with Crippen molar-refractivity contribution in [1.82, 2.24) is 10.2 Å². The summed E-state index contributed by atoms with van der Waals surface area (Å²) in [4.78, 5) is 27.5. The number of nitrogens with one attached hydrogen (secondary N) is 2. The van der Waals surface area contributed by atoms with Gasteiger partial charge in [0, 0.05) is 31.6 Å². The summed E-state index contributed by atoms with van der Waals surface area (Å²) in [6.07, 6.45) is 1.43. The minimum Gasteiger partial charge on any atom is -0.495 e. The Balaban J connectivity index is 1.36. The summed E-state index contributed by atoms with van der Waals surface area (Å²) in [6, 6.07) is 13.2. The van der Waals surface area contributed by atoms with Crippen LogP contribution in [0.3, 0.4) is 0 Å². The molecule has 0 bridgehead atoms. The summed E-state index contributed by atoms with van der Waals surface area (Å²) < 4.78 is 5.35. The first-order valence-electron chi connectivity index (χ1n) is 10.4. The van der Waals surface area contributed by atoms with Crippen LogP contribution in [0.2, 0.25) is 0 Å². The Morgan fingerprint density at radius 1 is 1.09 bits per heavy atom. The van der Waals surface area contributed by atoms with E-state index in [1.807, 2.05) is 29.6 Å². The smallest absolute Gasteiger partial charge is 0.227 e. The number of nitrogens with zero attached hydrogens (tertiary/aromatic N) is 3. The average molecular weight is 452 g/mol. The molecule has 0 unspecified atom stereocenters. The molecule has 4 rings (SSSR count). The minimum absolute atomic E-state index is 0.0537.